The van der Waals surface area contributed by atoms with Gasteiger partial charge in [-0.15, -0.1) is 11.8 Å². The Hall–Kier alpha value is -0.180. The Kier molecular flexibility index (Phi) is 5.20. The minimum Gasteiger partial charge on any atom is -0.313 e. The second-order valence-corrected chi connectivity index (χ2v) is 6.64. The Balaban J connectivity index is 1.76. The van der Waals surface area contributed by atoms with Crippen molar-refractivity contribution in [2.45, 2.75) is 48.8 Å². The first-order valence-corrected chi connectivity index (χ1v) is 7.66. The highest BCUT2D eigenvalue weighted by Gasteiger charge is 2.15. The molecule has 0 saturated heterocycles. The molecule has 3 heteroatoms. The van der Waals surface area contributed by atoms with E-state index in [-0.39, 0.29) is 0 Å². The van der Waals surface area contributed by atoms with E-state index < -0.39 is 0 Å². The van der Waals surface area contributed by atoms with Crippen molar-refractivity contribution in [1.82, 2.24) is 5.32 Å². The minimum atomic E-state index is 0.565. The van der Waals surface area contributed by atoms with Gasteiger partial charge in [-0.1, -0.05) is 43.5 Å². The molecule has 94 valence electrons. The van der Waals surface area contributed by atoms with Gasteiger partial charge >= 0.3 is 0 Å². The van der Waals surface area contributed by atoms with Crippen molar-refractivity contribution < 1.29 is 0 Å². The standard InChI is InChI=1S/C14H20ClNS/c1-11(10-16-12-6-2-3-7-12)17-14-9-5-4-8-13(14)15/h4-5,8-9,11-12,16H,2-3,6-7,10H2,1H3. The van der Waals surface area contributed by atoms with Crippen LogP contribution in [0, 0.1) is 0 Å². The Morgan fingerprint density at radius 3 is 2.76 bits per heavy atom. The van der Waals surface area contributed by atoms with Gasteiger partial charge in [-0.25, -0.2) is 0 Å². The summed E-state index contributed by atoms with van der Waals surface area (Å²) >= 11 is 8.01. The zero-order valence-corrected chi connectivity index (χ0v) is 11.9. The molecular weight excluding hydrogens is 250 g/mol. The van der Waals surface area contributed by atoms with Crippen LogP contribution in [0.1, 0.15) is 32.6 Å². The molecule has 1 unspecified atom stereocenters. The maximum atomic E-state index is 6.15. The van der Waals surface area contributed by atoms with E-state index in [1.165, 1.54) is 30.6 Å². The first-order valence-electron chi connectivity index (χ1n) is 6.40. The number of hydrogen-bond acceptors (Lipinski definition) is 2. The minimum absolute atomic E-state index is 0.565. The molecule has 1 aliphatic rings. The summed E-state index contributed by atoms with van der Waals surface area (Å²) in [5.41, 5.74) is 0. The molecule has 0 aromatic heterocycles. The second kappa shape index (κ2) is 6.67. The van der Waals surface area contributed by atoms with E-state index >= 15 is 0 Å². The van der Waals surface area contributed by atoms with Gasteiger partial charge in [0.05, 0.1) is 5.02 Å². The summed E-state index contributed by atoms with van der Waals surface area (Å²) in [5, 5.41) is 5.09. The lowest BCUT2D eigenvalue weighted by Gasteiger charge is -2.17. The van der Waals surface area contributed by atoms with Crippen LogP contribution in [0.25, 0.3) is 0 Å². The lowest BCUT2D eigenvalue weighted by molar-refractivity contribution is 0.527. The van der Waals surface area contributed by atoms with Crippen molar-refractivity contribution >= 4 is 23.4 Å². The number of halogens is 1. The number of nitrogens with one attached hydrogen (secondary N) is 1. The highest BCUT2D eigenvalue weighted by atomic mass is 35.5. The zero-order valence-electron chi connectivity index (χ0n) is 10.3. The largest absolute Gasteiger partial charge is 0.313 e. The van der Waals surface area contributed by atoms with Crippen LogP contribution >= 0.6 is 23.4 Å². The Labute approximate surface area is 113 Å². The molecule has 0 heterocycles. The van der Waals surface area contributed by atoms with Gasteiger partial charge in [-0.2, -0.15) is 0 Å². The molecule has 1 atom stereocenters. The summed E-state index contributed by atoms with van der Waals surface area (Å²) in [4.78, 5) is 1.19. The summed E-state index contributed by atoms with van der Waals surface area (Å²) in [6.45, 7) is 3.33. The van der Waals surface area contributed by atoms with Gasteiger partial charge in [0, 0.05) is 22.7 Å². The Morgan fingerprint density at radius 2 is 2.06 bits per heavy atom. The van der Waals surface area contributed by atoms with Crippen LogP contribution in [-0.4, -0.2) is 17.8 Å². The average Bonchev–Trinajstić information content (AvgIpc) is 2.82. The summed E-state index contributed by atoms with van der Waals surface area (Å²) in [6.07, 6.45) is 5.49. The fourth-order valence-corrected chi connectivity index (χ4v) is 3.48. The molecule has 0 amide bonds. The lowest BCUT2D eigenvalue weighted by Crippen LogP contribution is -2.31. The maximum absolute atomic E-state index is 6.15. The third kappa shape index (κ3) is 4.20. The summed E-state index contributed by atoms with van der Waals surface area (Å²) in [6, 6.07) is 8.84. The SMILES string of the molecule is CC(CNC1CCCC1)Sc1ccccc1Cl. The summed E-state index contributed by atoms with van der Waals surface area (Å²) in [5.74, 6) is 0. The van der Waals surface area contributed by atoms with Crippen LogP contribution in [0.5, 0.6) is 0 Å². The highest BCUT2D eigenvalue weighted by molar-refractivity contribution is 8.00. The molecule has 2 rings (SSSR count). The van der Waals surface area contributed by atoms with E-state index in [0.29, 0.717) is 5.25 Å². The third-order valence-corrected chi connectivity index (χ3v) is 4.83. The van der Waals surface area contributed by atoms with Crippen molar-refractivity contribution in [1.29, 1.82) is 0 Å². The fourth-order valence-electron chi connectivity index (χ4n) is 2.26. The van der Waals surface area contributed by atoms with E-state index in [0.717, 1.165) is 17.6 Å². The van der Waals surface area contributed by atoms with Gasteiger partial charge in [-0.05, 0) is 25.0 Å². The highest BCUT2D eigenvalue weighted by Crippen LogP contribution is 2.30. The molecule has 1 aromatic carbocycles. The van der Waals surface area contributed by atoms with Crippen molar-refractivity contribution in [2.75, 3.05) is 6.54 Å². The van der Waals surface area contributed by atoms with E-state index in [1.54, 1.807) is 0 Å². The molecule has 1 saturated carbocycles. The van der Waals surface area contributed by atoms with Crippen molar-refractivity contribution in [3.05, 3.63) is 29.3 Å². The number of rotatable bonds is 5. The summed E-state index contributed by atoms with van der Waals surface area (Å²) in [7, 11) is 0. The molecule has 17 heavy (non-hydrogen) atoms. The van der Waals surface area contributed by atoms with E-state index in [9.17, 15) is 0 Å². The number of thioether (sulfide) groups is 1. The molecule has 1 fully saturated rings. The van der Waals surface area contributed by atoms with Gasteiger partial charge in [0.15, 0.2) is 0 Å². The predicted molar refractivity (Wildman–Crippen MR) is 77.0 cm³/mol. The Bertz CT molecular complexity index is 350. The molecule has 1 N–H and O–H groups in total. The quantitative estimate of drug-likeness (QED) is 0.798. The van der Waals surface area contributed by atoms with E-state index in [2.05, 4.69) is 18.3 Å². The molecule has 0 radical (unpaired) electrons. The van der Waals surface area contributed by atoms with E-state index in [4.69, 9.17) is 11.6 Å². The third-order valence-electron chi connectivity index (χ3n) is 3.21. The van der Waals surface area contributed by atoms with E-state index in [1.807, 2.05) is 30.0 Å². The van der Waals surface area contributed by atoms with Crippen molar-refractivity contribution in [2.24, 2.45) is 0 Å². The smallest absolute Gasteiger partial charge is 0.0541 e. The first kappa shape index (κ1) is 13.3. The van der Waals surface area contributed by atoms with Crippen LogP contribution in [0.3, 0.4) is 0 Å². The molecule has 1 aliphatic carbocycles. The van der Waals surface area contributed by atoms with Gasteiger partial charge in [-0.3, -0.25) is 0 Å². The first-order chi connectivity index (χ1) is 8.25. The van der Waals surface area contributed by atoms with Crippen molar-refractivity contribution in [3.8, 4) is 0 Å². The average molecular weight is 270 g/mol. The topological polar surface area (TPSA) is 12.0 Å². The number of hydrogen-bond donors (Lipinski definition) is 1. The van der Waals surface area contributed by atoms with Gasteiger partial charge < -0.3 is 5.32 Å². The second-order valence-electron chi connectivity index (χ2n) is 4.75. The molecule has 0 bridgehead atoms. The fraction of sp³-hybridized carbons (Fsp3) is 0.571. The molecule has 1 aromatic rings. The van der Waals surface area contributed by atoms with Crippen molar-refractivity contribution in [3.63, 3.8) is 0 Å². The van der Waals surface area contributed by atoms with Crippen LogP contribution in [0.4, 0.5) is 0 Å². The maximum Gasteiger partial charge on any atom is 0.0541 e. The normalized spacial score (nSPS) is 18.5. The van der Waals surface area contributed by atoms with Gasteiger partial charge in [0.25, 0.3) is 0 Å². The monoisotopic (exact) mass is 269 g/mol. The van der Waals surface area contributed by atoms with Crippen LogP contribution in [0.2, 0.25) is 5.02 Å². The number of benzene rings is 1. The zero-order chi connectivity index (χ0) is 12.1. The molecular formula is C14H20ClNS. The summed E-state index contributed by atoms with van der Waals surface area (Å²) < 4.78 is 0. The van der Waals surface area contributed by atoms with Gasteiger partial charge in [0.2, 0.25) is 0 Å². The molecule has 1 nitrogen and oxygen atoms in total. The lowest BCUT2D eigenvalue weighted by atomic mass is 10.2. The van der Waals surface area contributed by atoms with Crippen LogP contribution in [-0.2, 0) is 0 Å². The van der Waals surface area contributed by atoms with Crippen LogP contribution in [0.15, 0.2) is 29.2 Å². The predicted octanol–water partition coefficient (Wildman–Crippen LogP) is 4.35. The molecule has 0 spiro atoms. The Morgan fingerprint density at radius 1 is 1.35 bits per heavy atom. The molecule has 0 aliphatic heterocycles. The van der Waals surface area contributed by atoms with Gasteiger partial charge in [0.1, 0.15) is 0 Å². The van der Waals surface area contributed by atoms with Crippen LogP contribution < -0.4 is 5.32 Å².